The number of likely N-dealkylation sites (tertiary alicyclic amines) is 1. The van der Waals surface area contributed by atoms with Gasteiger partial charge >= 0.3 is 12.1 Å². The summed E-state index contributed by atoms with van der Waals surface area (Å²) in [5.41, 5.74) is 1.23. The lowest BCUT2D eigenvalue weighted by atomic mass is 9.87. The number of ether oxygens (including phenoxy) is 1. The predicted molar refractivity (Wildman–Crippen MR) is 103 cm³/mol. The molecule has 10 heteroatoms. The number of hydrogen-bond acceptors (Lipinski definition) is 5. The highest BCUT2D eigenvalue weighted by Gasteiger charge is 2.43. The van der Waals surface area contributed by atoms with Gasteiger partial charge in [0.15, 0.2) is 0 Å². The molecule has 0 saturated carbocycles. The van der Waals surface area contributed by atoms with Gasteiger partial charge in [0.25, 0.3) is 0 Å². The molecule has 7 nitrogen and oxygen atoms in total. The van der Waals surface area contributed by atoms with E-state index >= 15 is 0 Å². The van der Waals surface area contributed by atoms with Gasteiger partial charge in [-0.05, 0) is 30.9 Å². The number of nitrogens with one attached hydrogen (secondary N) is 1. The molecule has 1 amide bonds. The summed E-state index contributed by atoms with van der Waals surface area (Å²) >= 11 is 0. The molecule has 0 radical (unpaired) electrons. The van der Waals surface area contributed by atoms with Crippen LogP contribution < -0.4 is 5.32 Å². The molecule has 1 aromatic rings. The maximum absolute atomic E-state index is 11.8. The van der Waals surface area contributed by atoms with Gasteiger partial charge in [0, 0.05) is 37.9 Å². The van der Waals surface area contributed by atoms with E-state index in [0.717, 1.165) is 38.9 Å². The molecule has 1 unspecified atom stereocenters. The molecule has 0 aromatic carbocycles. The third kappa shape index (κ3) is 7.24. The molecule has 2 N–H and O–H groups in total. The fraction of sp³-hybridized carbons (Fsp3) is 0.650. The van der Waals surface area contributed by atoms with Gasteiger partial charge in [0.05, 0.1) is 18.2 Å². The lowest BCUT2D eigenvalue weighted by Crippen LogP contribution is -2.45. The number of pyridine rings is 1. The Labute approximate surface area is 173 Å². The molecule has 0 aliphatic carbocycles. The van der Waals surface area contributed by atoms with Crippen molar-refractivity contribution in [3.63, 3.8) is 0 Å². The van der Waals surface area contributed by atoms with Crippen LogP contribution in [0.2, 0.25) is 0 Å². The maximum atomic E-state index is 11.8. The molecule has 168 valence electrons. The zero-order valence-electron chi connectivity index (χ0n) is 17.1. The highest BCUT2D eigenvalue weighted by Crippen LogP contribution is 2.36. The summed E-state index contributed by atoms with van der Waals surface area (Å²) < 4.78 is 37.9. The van der Waals surface area contributed by atoms with Gasteiger partial charge in [0.1, 0.15) is 0 Å². The molecule has 2 fully saturated rings. The number of piperidine rings is 1. The summed E-state index contributed by atoms with van der Waals surface area (Å²) in [6.45, 7) is 7.55. The van der Waals surface area contributed by atoms with Crippen molar-refractivity contribution in [3.8, 4) is 0 Å². The Morgan fingerprint density at radius 3 is 2.50 bits per heavy atom. The van der Waals surface area contributed by atoms with Crippen LogP contribution >= 0.6 is 0 Å². The molecule has 1 spiro atoms. The van der Waals surface area contributed by atoms with Gasteiger partial charge in [-0.2, -0.15) is 13.2 Å². The number of carboxylic acid groups (broad SMARTS) is 1. The minimum atomic E-state index is -5.08. The first-order valence-electron chi connectivity index (χ1n) is 9.86. The summed E-state index contributed by atoms with van der Waals surface area (Å²) in [4.78, 5) is 27.4. The van der Waals surface area contributed by atoms with Gasteiger partial charge in [-0.1, -0.05) is 19.9 Å². The number of nitrogens with zero attached hydrogens (tertiary/aromatic N) is 2. The Balaban J connectivity index is 0.000000396. The lowest BCUT2D eigenvalue weighted by molar-refractivity contribution is -0.192. The highest BCUT2D eigenvalue weighted by molar-refractivity contribution is 5.78. The number of carboxylic acids is 1. The quantitative estimate of drug-likeness (QED) is 0.762. The summed E-state index contributed by atoms with van der Waals surface area (Å²) in [5.74, 6) is -2.59. The zero-order valence-corrected chi connectivity index (χ0v) is 17.1. The molecular weight excluding hydrogens is 403 g/mol. The van der Waals surface area contributed by atoms with E-state index in [4.69, 9.17) is 14.6 Å². The summed E-state index contributed by atoms with van der Waals surface area (Å²) in [5, 5.41) is 10.2. The van der Waals surface area contributed by atoms with Gasteiger partial charge in [-0.3, -0.25) is 14.7 Å². The first-order valence-corrected chi connectivity index (χ1v) is 9.86. The van der Waals surface area contributed by atoms with Gasteiger partial charge in [-0.25, -0.2) is 4.79 Å². The van der Waals surface area contributed by atoms with E-state index in [1.54, 1.807) is 0 Å². The maximum Gasteiger partial charge on any atom is 0.490 e. The van der Waals surface area contributed by atoms with Crippen LogP contribution in [-0.4, -0.2) is 64.4 Å². The normalized spacial score (nSPS) is 21.2. The largest absolute Gasteiger partial charge is 0.490 e. The van der Waals surface area contributed by atoms with E-state index in [1.165, 1.54) is 5.56 Å². The van der Waals surface area contributed by atoms with Crippen molar-refractivity contribution in [1.29, 1.82) is 0 Å². The van der Waals surface area contributed by atoms with Crippen molar-refractivity contribution in [1.82, 2.24) is 15.2 Å². The SMILES string of the molecule is CC(C)C(=O)NC1COC2(CCN(Cc3cccnc3)CC2)C1.O=C(O)C(F)(F)F. The van der Waals surface area contributed by atoms with Crippen molar-refractivity contribution in [3.05, 3.63) is 30.1 Å². The standard InChI is InChI=1S/C18H27N3O2.C2HF3O2/c1-14(2)17(22)20-16-10-18(23-13-16)5-8-21(9-6-18)12-15-4-3-7-19-11-15;3-2(4,5)1(6)7/h3-4,7,11,14,16H,5-6,8-10,12-13H2,1-2H3,(H,20,22);(H,6,7). The summed E-state index contributed by atoms with van der Waals surface area (Å²) in [6.07, 6.45) is 1.70. The second-order valence-corrected chi connectivity index (χ2v) is 8.00. The number of alkyl halides is 3. The first-order chi connectivity index (χ1) is 14.0. The predicted octanol–water partition coefficient (Wildman–Crippen LogP) is 2.61. The smallest absolute Gasteiger partial charge is 0.475 e. The highest BCUT2D eigenvalue weighted by atomic mass is 19.4. The van der Waals surface area contributed by atoms with Crippen molar-refractivity contribution < 1.29 is 32.6 Å². The van der Waals surface area contributed by atoms with Crippen molar-refractivity contribution in [2.24, 2.45) is 5.92 Å². The molecule has 1 atom stereocenters. The fourth-order valence-corrected chi connectivity index (χ4v) is 3.52. The Morgan fingerprint density at radius 2 is 2.00 bits per heavy atom. The molecule has 2 aliphatic rings. The number of carbonyl (C=O) groups is 2. The number of hydrogen-bond donors (Lipinski definition) is 2. The van der Waals surface area contributed by atoms with E-state index in [9.17, 15) is 18.0 Å². The fourth-order valence-electron chi connectivity index (χ4n) is 3.52. The van der Waals surface area contributed by atoms with Crippen LogP contribution in [0.3, 0.4) is 0 Å². The van der Waals surface area contributed by atoms with Crippen molar-refractivity contribution in [2.75, 3.05) is 19.7 Å². The van der Waals surface area contributed by atoms with E-state index in [2.05, 4.69) is 21.3 Å². The number of amides is 1. The van der Waals surface area contributed by atoms with Crippen LogP contribution in [0.5, 0.6) is 0 Å². The van der Waals surface area contributed by atoms with E-state index < -0.39 is 12.1 Å². The number of carbonyl (C=O) groups excluding carboxylic acids is 1. The third-order valence-electron chi connectivity index (χ3n) is 5.22. The van der Waals surface area contributed by atoms with Crippen molar-refractivity contribution >= 4 is 11.9 Å². The molecule has 1 aromatic heterocycles. The zero-order chi connectivity index (χ0) is 22.4. The van der Waals surface area contributed by atoms with E-state index in [0.29, 0.717) is 6.61 Å². The van der Waals surface area contributed by atoms with Crippen LogP contribution in [0.1, 0.15) is 38.7 Å². The van der Waals surface area contributed by atoms with E-state index in [-0.39, 0.29) is 23.5 Å². The minimum Gasteiger partial charge on any atom is -0.475 e. The second kappa shape index (κ2) is 10.2. The van der Waals surface area contributed by atoms with Crippen LogP contribution in [0.15, 0.2) is 24.5 Å². The average molecular weight is 431 g/mol. The molecule has 3 heterocycles. The van der Waals surface area contributed by atoms with Gasteiger partial charge in [0.2, 0.25) is 5.91 Å². The summed E-state index contributed by atoms with van der Waals surface area (Å²) in [7, 11) is 0. The number of rotatable bonds is 4. The summed E-state index contributed by atoms with van der Waals surface area (Å²) in [6, 6.07) is 4.29. The lowest BCUT2D eigenvalue weighted by Gasteiger charge is -2.38. The van der Waals surface area contributed by atoms with Gasteiger partial charge < -0.3 is 15.2 Å². The average Bonchev–Trinajstić information content (AvgIpc) is 3.06. The Morgan fingerprint density at radius 1 is 1.37 bits per heavy atom. The molecule has 3 rings (SSSR count). The first kappa shape index (κ1) is 24.1. The van der Waals surface area contributed by atoms with Crippen molar-refractivity contribution in [2.45, 2.75) is 57.5 Å². The molecular formula is C20H28F3N3O4. The Kier molecular flexibility index (Phi) is 8.19. The molecule has 2 saturated heterocycles. The molecule has 30 heavy (non-hydrogen) atoms. The Hall–Kier alpha value is -2.20. The van der Waals surface area contributed by atoms with E-state index in [1.807, 2.05) is 32.3 Å². The molecule has 2 aliphatic heterocycles. The van der Waals surface area contributed by atoms with Crippen LogP contribution in [0.25, 0.3) is 0 Å². The van der Waals surface area contributed by atoms with Crippen LogP contribution in [-0.2, 0) is 20.9 Å². The Bertz CT molecular complexity index is 705. The van der Waals surface area contributed by atoms with Crippen LogP contribution in [0, 0.1) is 5.92 Å². The third-order valence-corrected chi connectivity index (χ3v) is 5.22. The van der Waals surface area contributed by atoms with Crippen LogP contribution in [0.4, 0.5) is 13.2 Å². The van der Waals surface area contributed by atoms with Gasteiger partial charge in [-0.15, -0.1) is 0 Å². The molecule has 0 bridgehead atoms. The number of aliphatic carboxylic acids is 1. The second-order valence-electron chi connectivity index (χ2n) is 8.00. The monoisotopic (exact) mass is 431 g/mol. The number of halogens is 3. The number of aromatic nitrogens is 1. The minimum absolute atomic E-state index is 0.0274. The topological polar surface area (TPSA) is 91.8 Å².